The molecule has 0 aromatic heterocycles. The van der Waals surface area contributed by atoms with Crippen molar-refractivity contribution in [1.82, 2.24) is 0 Å². The van der Waals surface area contributed by atoms with Gasteiger partial charge in [-0.05, 0) is 24.3 Å². The van der Waals surface area contributed by atoms with Crippen molar-refractivity contribution in [3.63, 3.8) is 0 Å². The standard InChI is InChI=1S/C15H13N3O/c16-10-11-19-15-9-5-4-6-13(15)12-17-18-14-7-2-1-3-8-14/h1-9,12,18H,11H2/b17-12-. The summed E-state index contributed by atoms with van der Waals surface area (Å²) in [6.07, 6.45) is 1.67. The zero-order valence-corrected chi connectivity index (χ0v) is 10.3. The smallest absolute Gasteiger partial charge is 0.174 e. The Morgan fingerprint density at radius 2 is 1.84 bits per heavy atom. The molecule has 0 aliphatic rings. The highest BCUT2D eigenvalue weighted by atomic mass is 16.5. The normalized spacial score (nSPS) is 10.1. The van der Waals surface area contributed by atoms with E-state index in [1.165, 1.54) is 0 Å². The number of rotatable bonds is 5. The largest absolute Gasteiger partial charge is 0.478 e. The Kier molecular flexibility index (Phi) is 4.54. The van der Waals surface area contributed by atoms with Crippen molar-refractivity contribution in [2.45, 2.75) is 0 Å². The molecule has 0 bridgehead atoms. The molecule has 2 aromatic rings. The second-order valence-electron chi connectivity index (χ2n) is 3.72. The van der Waals surface area contributed by atoms with E-state index in [2.05, 4.69) is 10.5 Å². The van der Waals surface area contributed by atoms with E-state index in [1.54, 1.807) is 12.3 Å². The first-order valence-corrected chi connectivity index (χ1v) is 5.83. The highest BCUT2D eigenvalue weighted by Crippen LogP contribution is 2.15. The third-order valence-corrected chi connectivity index (χ3v) is 2.38. The van der Waals surface area contributed by atoms with Crippen LogP contribution in [0.25, 0.3) is 0 Å². The number of nitrogens with zero attached hydrogens (tertiary/aromatic N) is 2. The van der Waals surface area contributed by atoms with Crippen LogP contribution in [-0.2, 0) is 0 Å². The van der Waals surface area contributed by atoms with E-state index in [9.17, 15) is 0 Å². The zero-order chi connectivity index (χ0) is 13.3. The molecule has 4 heteroatoms. The lowest BCUT2D eigenvalue weighted by molar-refractivity contribution is 0.367. The summed E-state index contributed by atoms with van der Waals surface area (Å²) < 4.78 is 5.31. The van der Waals surface area contributed by atoms with Crippen LogP contribution >= 0.6 is 0 Å². The van der Waals surface area contributed by atoms with Gasteiger partial charge < -0.3 is 4.74 Å². The van der Waals surface area contributed by atoms with Crippen molar-refractivity contribution in [3.8, 4) is 11.8 Å². The molecule has 0 radical (unpaired) electrons. The average Bonchev–Trinajstić information content (AvgIpc) is 2.47. The number of anilines is 1. The number of nitriles is 1. The van der Waals surface area contributed by atoms with Gasteiger partial charge in [0.05, 0.1) is 11.9 Å². The first kappa shape index (κ1) is 12.7. The summed E-state index contributed by atoms with van der Waals surface area (Å²) in [4.78, 5) is 0. The monoisotopic (exact) mass is 251 g/mol. The van der Waals surface area contributed by atoms with Crippen LogP contribution in [0, 0.1) is 11.3 Å². The van der Waals surface area contributed by atoms with Crippen molar-refractivity contribution in [2.24, 2.45) is 5.10 Å². The summed E-state index contributed by atoms with van der Waals surface area (Å²) in [7, 11) is 0. The minimum atomic E-state index is 0.0248. The lowest BCUT2D eigenvalue weighted by Crippen LogP contribution is -1.98. The third-order valence-electron chi connectivity index (χ3n) is 2.38. The Morgan fingerprint density at radius 1 is 1.11 bits per heavy atom. The molecular formula is C15H13N3O. The minimum absolute atomic E-state index is 0.0248. The molecule has 4 nitrogen and oxygen atoms in total. The molecule has 0 saturated carbocycles. The van der Waals surface area contributed by atoms with Gasteiger partial charge in [0.15, 0.2) is 6.61 Å². The van der Waals surface area contributed by atoms with Gasteiger partial charge >= 0.3 is 0 Å². The summed E-state index contributed by atoms with van der Waals surface area (Å²) in [5.74, 6) is 0.641. The lowest BCUT2D eigenvalue weighted by Gasteiger charge is -2.05. The van der Waals surface area contributed by atoms with Crippen molar-refractivity contribution in [1.29, 1.82) is 5.26 Å². The molecular weight excluding hydrogens is 238 g/mol. The molecule has 0 unspecified atom stereocenters. The van der Waals surface area contributed by atoms with E-state index in [-0.39, 0.29) is 6.61 Å². The molecule has 1 N–H and O–H groups in total. The zero-order valence-electron chi connectivity index (χ0n) is 10.3. The Labute approximate surface area is 112 Å². The molecule has 94 valence electrons. The van der Waals surface area contributed by atoms with Crippen LogP contribution in [0.2, 0.25) is 0 Å². The van der Waals surface area contributed by atoms with E-state index >= 15 is 0 Å². The SMILES string of the molecule is N#CCOc1ccccc1/C=N\Nc1ccccc1. The molecule has 0 amide bonds. The van der Waals surface area contributed by atoms with Crippen LogP contribution < -0.4 is 10.2 Å². The molecule has 2 aromatic carbocycles. The number of hydrogen-bond donors (Lipinski definition) is 1. The van der Waals surface area contributed by atoms with Crippen LogP contribution in [0.4, 0.5) is 5.69 Å². The first-order valence-electron chi connectivity index (χ1n) is 5.83. The van der Waals surface area contributed by atoms with Gasteiger partial charge in [-0.3, -0.25) is 5.43 Å². The van der Waals surface area contributed by atoms with E-state index in [0.29, 0.717) is 5.75 Å². The first-order chi connectivity index (χ1) is 9.40. The Morgan fingerprint density at radius 3 is 2.63 bits per heavy atom. The number of nitrogens with one attached hydrogen (secondary N) is 1. The fraction of sp³-hybridized carbons (Fsp3) is 0.0667. The summed E-state index contributed by atoms with van der Waals surface area (Å²) in [5, 5.41) is 12.7. The predicted molar refractivity (Wildman–Crippen MR) is 75.2 cm³/mol. The second kappa shape index (κ2) is 6.82. The number of hydrogen-bond acceptors (Lipinski definition) is 4. The van der Waals surface area contributed by atoms with Gasteiger partial charge in [0.2, 0.25) is 0 Å². The maximum absolute atomic E-state index is 8.52. The molecule has 19 heavy (non-hydrogen) atoms. The van der Waals surface area contributed by atoms with Crippen LogP contribution in [0.15, 0.2) is 59.7 Å². The van der Waals surface area contributed by atoms with Crippen LogP contribution in [-0.4, -0.2) is 12.8 Å². The van der Waals surface area contributed by atoms with E-state index in [0.717, 1.165) is 11.3 Å². The van der Waals surface area contributed by atoms with Gasteiger partial charge in [-0.15, -0.1) is 0 Å². The van der Waals surface area contributed by atoms with Crippen molar-refractivity contribution in [3.05, 3.63) is 60.2 Å². The summed E-state index contributed by atoms with van der Waals surface area (Å²) in [6, 6.07) is 19.0. The molecule has 0 fully saturated rings. The average molecular weight is 251 g/mol. The van der Waals surface area contributed by atoms with Crippen molar-refractivity contribution < 1.29 is 4.74 Å². The Balaban J connectivity index is 2.04. The van der Waals surface area contributed by atoms with Crippen LogP contribution in [0.3, 0.4) is 0 Å². The maximum atomic E-state index is 8.52. The highest BCUT2D eigenvalue weighted by Gasteiger charge is 1.99. The maximum Gasteiger partial charge on any atom is 0.174 e. The number of hydrazone groups is 1. The topological polar surface area (TPSA) is 57.4 Å². The summed E-state index contributed by atoms with van der Waals surface area (Å²) in [6.45, 7) is 0.0248. The third kappa shape index (κ3) is 3.86. The van der Waals surface area contributed by atoms with Gasteiger partial charge in [-0.1, -0.05) is 30.3 Å². The molecule has 2 rings (SSSR count). The minimum Gasteiger partial charge on any atom is -0.478 e. The van der Waals surface area contributed by atoms with Gasteiger partial charge in [0, 0.05) is 5.56 Å². The fourth-order valence-corrected chi connectivity index (χ4v) is 1.52. The highest BCUT2D eigenvalue weighted by molar-refractivity contribution is 5.83. The van der Waals surface area contributed by atoms with Gasteiger partial charge in [-0.25, -0.2) is 0 Å². The number of para-hydroxylation sites is 2. The van der Waals surface area contributed by atoms with E-state index < -0.39 is 0 Å². The van der Waals surface area contributed by atoms with E-state index in [1.807, 2.05) is 54.6 Å². The molecule has 0 aliphatic heterocycles. The van der Waals surface area contributed by atoms with Gasteiger partial charge in [-0.2, -0.15) is 10.4 Å². The molecule has 0 heterocycles. The van der Waals surface area contributed by atoms with Crippen LogP contribution in [0.5, 0.6) is 5.75 Å². The van der Waals surface area contributed by atoms with Crippen LogP contribution in [0.1, 0.15) is 5.56 Å². The van der Waals surface area contributed by atoms with Gasteiger partial charge in [0.25, 0.3) is 0 Å². The van der Waals surface area contributed by atoms with Crippen molar-refractivity contribution in [2.75, 3.05) is 12.0 Å². The number of benzene rings is 2. The molecule has 0 atom stereocenters. The lowest BCUT2D eigenvalue weighted by atomic mass is 10.2. The molecule has 0 saturated heterocycles. The number of ether oxygens (including phenoxy) is 1. The molecule has 0 aliphatic carbocycles. The predicted octanol–water partition coefficient (Wildman–Crippen LogP) is 3.03. The van der Waals surface area contributed by atoms with Crippen molar-refractivity contribution >= 4 is 11.9 Å². The Bertz CT molecular complexity index is 588. The Hall–Kier alpha value is -2.80. The summed E-state index contributed by atoms with van der Waals surface area (Å²) in [5.41, 5.74) is 4.66. The second-order valence-corrected chi connectivity index (χ2v) is 3.72. The quantitative estimate of drug-likeness (QED) is 0.656. The molecule has 0 spiro atoms. The van der Waals surface area contributed by atoms with Gasteiger partial charge in [0.1, 0.15) is 11.8 Å². The van der Waals surface area contributed by atoms with E-state index in [4.69, 9.17) is 10.00 Å². The fourth-order valence-electron chi connectivity index (χ4n) is 1.52. The summed E-state index contributed by atoms with van der Waals surface area (Å²) >= 11 is 0.